The Balaban J connectivity index is 2.01. The molecule has 0 fully saturated rings. The van der Waals surface area contributed by atoms with Gasteiger partial charge in [0, 0.05) is 5.54 Å². The molecule has 0 aliphatic carbocycles. The molecule has 2 aromatic rings. The van der Waals surface area contributed by atoms with Gasteiger partial charge in [-0.05, 0) is 45.4 Å². The summed E-state index contributed by atoms with van der Waals surface area (Å²) in [5.74, 6) is 1.12. The molecule has 1 heterocycles. The zero-order valence-electron chi connectivity index (χ0n) is 17.8. The zero-order valence-corrected chi connectivity index (χ0v) is 18.6. The molecule has 10 nitrogen and oxygen atoms in total. The number of primary amides is 1. The number of hydrogen-bond donors (Lipinski definition) is 3. The Kier molecular flexibility index (Phi) is 7.93. The van der Waals surface area contributed by atoms with Crippen LogP contribution in [0.1, 0.15) is 32.2 Å². The summed E-state index contributed by atoms with van der Waals surface area (Å²) in [7, 11) is 1.54. The van der Waals surface area contributed by atoms with Gasteiger partial charge in [0.1, 0.15) is 5.82 Å². The van der Waals surface area contributed by atoms with Gasteiger partial charge in [0.05, 0.1) is 19.4 Å². The first-order chi connectivity index (χ1) is 14.1. The molecular formula is C19H28N6O4S. The van der Waals surface area contributed by atoms with Crippen molar-refractivity contribution in [3.8, 4) is 11.5 Å². The van der Waals surface area contributed by atoms with Crippen LogP contribution in [0.4, 0.5) is 0 Å². The standard InChI is InChI=1S/C19H28N6O4S/c1-12-23-24-18(30-11-16(20)26)25(12)21-9-13-6-7-14(15(8-13)28-5)29-10-17(27)22-19(2,3)4/h6-8,21H,9-11H2,1-5H3,(H2,20,26)(H,22,27). The summed E-state index contributed by atoms with van der Waals surface area (Å²) in [6.45, 7) is 7.86. The molecule has 0 radical (unpaired) electrons. The van der Waals surface area contributed by atoms with Crippen molar-refractivity contribution in [1.82, 2.24) is 20.2 Å². The lowest BCUT2D eigenvalue weighted by molar-refractivity contribution is -0.124. The summed E-state index contributed by atoms with van der Waals surface area (Å²) in [5.41, 5.74) is 8.99. The zero-order chi connectivity index (χ0) is 22.3. The smallest absolute Gasteiger partial charge is 0.258 e. The van der Waals surface area contributed by atoms with E-state index in [1.54, 1.807) is 17.7 Å². The van der Waals surface area contributed by atoms with E-state index in [1.165, 1.54) is 18.9 Å². The molecule has 1 aromatic carbocycles. The minimum Gasteiger partial charge on any atom is -0.493 e. The van der Waals surface area contributed by atoms with Crippen LogP contribution in [-0.4, -0.2) is 51.7 Å². The maximum atomic E-state index is 12.0. The van der Waals surface area contributed by atoms with Crippen LogP contribution in [-0.2, 0) is 16.1 Å². The van der Waals surface area contributed by atoms with Crippen LogP contribution >= 0.6 is 11.8 Å². The third kappa shape index (κ3) is 7.14. The lowest BCUT2D eigenvalue weighted by Gasteiger charge is -2.20. The van der Waals surface area contributed by atoms with Crippen molar-refractivity contribution in [2.24, 2.45) is 5.73 Å². The molecule has 0 spiro atoms. The number of rotatable bonds is 10. The molecule has 2 rings (SSSR count). The van der Waals surface area contributed by atoms with E-state index >= 15 is 0 Å². The van der Waals surface area contributed by atoms with E-state index in [-0.39, 0.29) is 23.8 Å². The van der Waals surface area contributed by atoms with Gasteiger partial charge in [0.25, 0.3) is 5.91 Å². The number of hydrogen-bond acceptors (Lipinski definition) is 8. The molecule has 1 aromatic heterocycles. The second-order valence-electron chi connectivity index (χ2n) is 7.53. The van der Waals surface area contributed by atoms with Crippen molar-refractivity contribution in [2.45, 2.75) is 44.9 Å². The van der Waals surface area contributed by atoms with Crippen molar-refractivity contribution >= 4 is 23.6 Å². The number of nitrogens with one attached hydrogen (secondary N) is 2. The topological polar surface area (TPSA) is 133 Å². The fourth-order valence-corrected chi connectivity index (χ4v) is 3.16. The van der Waals surface area contributed by atoms with E-state index in [2.05, 4.69) is 20.9 Å². The second kappa shape index (κ2) is 10.2. The number of nitrogens with two attached hydrogens (primary N) is 1. The normalized spacial score (nSPS) is 11.1. The quantitative estimate of drug-likeness (QED) is 0.473. The third-order valence-electron chi connectivity index (χ3n) is 3.68. The fourth-order valence-electron chi connectivity index (χ4n) is 2.46. The lowest BCUT2D eigenvalue weighted by atomic mass is 10.1. The van der Waals surface area contributed by atoms with Crippen LogP contribution in [0.25, 0.3) is 0 Å². The maximum absolute atomic E-state index is 12.0. The highest BCUT2D eigenvalue weighted by Gasteiger charge is 2.15. The summed E-state index contributed by atoms with van der Waals surface area (Å²) in [6.07, 6.45) is 0. The van der Waals surface area contributed by atoms with Crippen LogP contribution in [0, 0.1) is 6.92 Å². The van der Waals surface area contributed by atoms with E-state index < -0.39 is 5.91 Å². The molecule has 2 amide bonds. The van der Waals surface area contributed by atoms with Crippen molar-refractivity contribution in [3.63, 3.8) is 0 Å². The van der Waals surface area contributed by atoms with Crippen molar-refractivity contribution in [2.75, 3.05) is 24.9 Å². The first-order valence-corrected chi connectivity index (χ1v) is 10.3. The predicted octanol–water partition coefficient (Wildman–Crippen LogP) is 1.21. The fraction of sp³-hybridized carbons (Fsp3) is 0.474. The Morgan fingerprint density at radius 2 is 1.97 bits per heavy atom. The Morgan fingerprint density at radius 1 is 1.23 bits per heavy atom. The highest BCUT2D eigenvalue weighted by molar-refractivity contribution is 7.99. The van der Waals surface area contributed by atoms with Crippen LogP contribution in [0.15, 0.2) is 23.4 Å². The molecule has 0 unspecified atom stereocenters. The molecule has 4 N–H and O–H groups in total. The Morgan fingerprint density at radius 3 is 2.60 bits per heavy atom. The predicted molar refractivity (Wildman–Crippen MR) is 114 cm³/mol. The molecular weight excluding hydrogens is 408 g/mol. The molecule has 0 aliphatic rings. The summed E-state index contributed by atoms with van der Waals surface area (Å²) in [5, 5.41) is 11.4. The molecule has 0 saturated carbocycles. The number of aromatic nitrogens is 3. The van der Waals surface area contributed by atoms with E-state index in [9.17, 15) is 9.59 Å². The van der Waals surface area contributed by atoms with Crippen molar-refractivity contribution < 1.29 is 19.1 Å². The Bertz CT molecular complexity index is 894. The molecule has 11 heteroatoms. The molecule has 0 bridgehead atoms. The van der Waals surface area contributed by atoms with Gasteiger partial charge in [-0.2, -0.15) is 0 Å². The number of ether oxygens (including phenoxy) is 2. The minimum absolute atomic E-state index is 0.106. The van der Waals surface area contributed by atoms with Crippen LogP contribution < -0.4 is 25.9 Å². The highest BCUT2D eigenvalue weighted by atomic mass is 32.2. The highest BCUT2D eigenvalue weighted by Crippen LogP contribution is 2.28. The number of thioether (sulfide) groups is 1. The van der Waals surface area contributed by atoms with Crippen molar-refractivity contribution in [1.29, 1.82) is 0 Å². The van der Waals surface area contributed by atoms with Crippen LogP contribution in [0.5, 0.6) is 11.5 Å². The van der Waals surface area contributed by atoms with Gasteiger partial charge in [0.15, 0.2) is 18.1 Å². The molecule has 164 valence electrons. The largest absolute Gasteiger partial charge is 0.493 e. The first kappa shape index (κ1) is 23.3. The van der Waals surface area contributed by atoms with Gasteiger partial charge in [-0.25, -0.2) is 4.68 Å². The second-order valence-corrected chi connectivity index (χ2v) is 8.47. The summed E-state index contributed by atoms with van der Waals surface area (Å²) in [4.78, 5) is 23.0. The minimum atomic E-state index is -0.427. The number of amides is 2. The first-order valence-electron chi connectivity index (χ1n) is 9.27. The molecule has 0 aliphatic heterocycles. The van der Waals surface area contributed by atoms with E-state index in [0.29, 0.717) is 29.0 Å². The van der Waals surface area contributed by atoms with Gasteiger partial charge in [-0.3, -0.25) is 9.59 Å². The van der Waals surface area contributed by atoms with Gasteiger partial charge >= 0.3 is 0 Å². The average molecular weight is 437 g/mol. The number of aryl methyl sites for hydroxylation is 1. The lowest BCUT2D eigenvalue weighted by Crippen LogP contribution is -2.43. The third-order valence-corrected chi connectivity index (χ3v) is 4.63. The number of methoxy groups -OCH3 is 1. The van der Waals surface area contributed by atoms with Gasteiger partial charge < -0.3 is 25.9 Å². The number of benzene rings is 1. The summed E-state index contributed by atoms with van der Waals surface area (Å²) in [6, 6.07) is 5.43. The Labute approximate surface area is 179 Å². The van der Waals surface area contributed by atoms with Gasteiger partial charge in [0.2, 0.25) is 11.1 Å². The van der Waals surface area contributed by atoms with E-state index in [4.69, 9.17) is 15.2 Å². The monoisotopic (exact) mass is 436 g/mol. The molecule has 0 saturated heterocycles. The van der Waals surface area contributed by atoms with Gasteiger partial charge in [-0.1, -0.05) is 17.8 Å². The molecule has 30 heavy (non-hydrogen) atoms. The summed E-state index contributed by atoms with van der Waals surface area (Å²) < 4.78 is 12.7. The summed E-state index contributed by atoms with van der Waals surface area (Å²) >= 11 is 1.20. The maximum Gasteiger partial charge on any atom is 0.258 e. The molecule has 0 atom stereocenters. The van der Waals surface area contributed by atoms with Crippen molar-refractivity contribution in [3.05, 3.63) is 29.6 Å². The van der Waals surface area contributed by atoms with Crippen LogP contribution in [0.2, 0.25) is 0 Å². The number of carbonyl (C=O) groups is 2. The van der Waals surface area contributed by atoms with E-state index in [1.807, 2.05) is 32.9 Å². The van der Waals surface area contributed by atoms with Crippen LogP contribution in [0.3, 0.4) is 0 Å². The van der Waals surface area contributed by atoms with Gasteiger partial charge in [-0.15, -0.1) is 10.2 Å². The van der Waals surface area contributed by atoms with E-state index in [0.717, 1.165) is 5.56 Å². The Hall–Kier alpha value is -2.95. The number of carbonyl (C=O) groups excluding carboxylic acids is 2. The average Bonchev–Trinajstić information content (AvgIpc) is 3.01. The SMILES string of the molecule is COc1cc(CNn2c(C)nnc2SCC(N)=O)ccc1OCC(=O)NC(C)(C)C. The number of nitrogens with zero attached hydrogens (tertiary/aromatic N) is 3.